The highest BCUT2D eigenvalue weighted by Crippen LogP contribution is 2.31. The summed E-state index contributed by atoms with van der Waals surface area (Å²) in [4.78, 5) is 41.1. The van der Waals surface area contributed by atoms with Crippen molar-refractivity contribution in [2.75, 3.05) is 51.3 Å². The zero-order chi connectivity index (χ0) is 20.0. The standard InChI is InChI=1S/C18H24ClN3O5/c1-4-27-18(25)21-9-7-20(8-10-21)17(24)12-22(13(2)23)15-11-14(19)5-6-16(15)26-3/h5-6,11H,4,7-10,12H2,1-3H3. The topological polar surface area (TPSA) is 79.4 Å². The molecular weight excluding hydrogens is 374 g/mol. The van der Waals surface area contributed by atoms with Gasteiger partial charge in [0.2, 0.25) is 11.8 Å². The van der Waals surface area contributed by atoms with Gasteiger partial charge in [-0.05, 0) is 25.1 Å². The Labute approximate surface area is 163 Å². The predicted octanol–water partition coefficient (Wildman–Crippen LogP) is 2.00. The maximum atomic E-state index is 12.7. The molecule has 1 heterocycles. The average Bonchev–Trinajstić information content (AvgIpc) is 2.66. The van der Waals surface area contributed by atoms with E-state index in [2.05, 4.69) is 0 Å². The molecule has 1 fully saturated rings. The van der Waals surface area contributed by atoms with Crippen molar-refractivity contribution in [3.63, 3.8) is 0 Å². The minimum Gasteiger partial charge on any atom is -0.495 e. The van der Waals surface area contributed by atoms with Crippen LogP contribution in [-0.2, 0) is 14.3 Å². The van der Waals surface area contributed by atoms with E-state index in [9.17, 15) is 14.4 Å². The van der Waals surface area contributed by atoms with Crippen molar-refractivity contribution >= 4 is 35.2 Å². The third-order valence-electron chi connectivity index (χ3n) is 4.26. The molecule has 0 N–H and O–H groups in total. The van der Waals surface area contributed by atoms with Crippen molar-refractivity contribution < 1.29 is 23.9 Å². The fraction of sp³-hybridized carbons (Fsp3) is 0.500. The Balaban J connectivity index is 2.06. The highest BCUT2D eigenvalue weighted by atomic mass is 35.5. The number of hydrogen-bond acceptors (Lipinski definition) is 5. The van der Waals surface area contributed by atoms with Crippen LogP contribution in [0.5, 0.6) is 5.75 Å². The number of methoxy groups -OCH3 is 1. The van der Waals surface area contributed by atoms with E-state index in [0.717, 1.165) is 0 Å². The Morgan fingerprint density at radius 1 is 1.15 bits per heavy atom. The molecule has 1 aromatic carbocycles. The van der Waals surface area contributed by atoms with Gasteiger partial charge in [-0.25, -0.2) is 4.79 Å². The maximum absolute atomic E-state index is 12.7. The smallest absolute Gasteiger partial charge is 0.409 e. The van der Waals surface area contributed by atoms with E-state index in [1.165, 1.54) is 18.9 Å². The van der Waals surface area contributed by atoms with Crippen LogP contribution in [0, 0.1) is 0 Å². The Morgan fingerprint density at radius 2 is 1.78 bits per heavy atom. The number of benzene rings is 1. The number of piperazine rings is 1. The van der Waals surface area contributed by atoms with Crippen LogP contribution < -0.4 is 9.64 Å². The molecule has 3 amide bonds. The van der Waals surface area contributed by atoms with Gasteiger partial charge in [0.05, 0.1) is 19.4 Å². The second-order valence-corrected chi connectivity index (χ2v) is 6.42. The molecule has 148 valence electrons. The van der Waals surface area contributed by atoms with Crippen molar-refractivity contribution in [3.05, 3.63) is 23.2 Å². The lowest BCUT2D eigenvalue weighted by Crippen LogP contribution is -2.53. The lowest BCUT2D eigenvalue weighted by Gasteiger charge is -2.35. The second kappa shape index (κ2) is 9.45. The molecule has 0 saturated carbocycles. The lowest BCUT2D eigenvalue weighted by molar-refractivity contribution is -0.132. The van der Waals surface area contributed by atoms with Gasteiger partial charge >= 0.3 is 6.09 Å². The summed E-state index contributed by atoms with van der Waals surface area (Å²) < 4.78 is 10.3. The minimum atomic E-state index is -0.376. The van der Waals surface area contributed by atoms with Gasteiger partial charge in [-0.1, -0.05) is 11.6 Å². The molecule has 0 aromatic heterocycles. The second-order valence-electron chi connectivity index (χ2n) is 5.99. The molecule has 0 radical (unpaired) electrons. The van der Waals surface area contributed by atoms with Gasteiger partial charge in [0, 0.05) is 38.1 Å². The molecule has 1 aromatic rings. The van der Waals surface area contributed by atoms with Crippen molar-refractivity contribution in [1.29, 1.82) is 0 Å². The molecule has 8 nitrogen and oxygen atoms in total. The number of anilines is 1. The van der Waals surface area contributed by atoms with Gasteiger partial charge in [-0.3, -0.25) is 14.5 Å². The quantitative estimate of drug-likeness (QED) is 0.759. The van der Waals surface area contributed by atoms with E-state index in [1.807, 2.05) is 0 Å². The largest absolute Gasteiger partial charge is 0.495 e. The van der Waals surface area contributed by atoms with Gasteiger partial charge in [0.25, 0.3) is 0 Å². The monoisotopic (exact) mass is 397 g/mol. The predicted molar refractivity (Wildman–Crippen MR) is 101 cm³/mol. The molecule has 1 aliphatic heterocycles. The van der Waals surface area contributed by atoms with Crippen LogP contribution in [0.1, 0.15) is 13.8 Å². The van der Waals surface area contributed by atoms with Crippen LogP contribution in [-0.4, -0.2) is 74.1 Å². The number of rotatable bonds is 5. The molecule has 2 rings (SSSR count). The van der Waals surface area contributed by atoms with E-state index in [0.29, 0.717) is 49.2 Å². The Kier molecular flexibility index (Phi) is 7.29. The number of nitrogens with zero attached hydrogens (tertiary/aromatic N) is 3. The number of hydrogen-bond donors (Lipinski definition) is 0. The van der Waals surface area contributed by atoms with Crippen molar-refractivity contribution in [2.24, 2.45) is 0 Å². The van der Waals surface area contributed by atoms with E-state index in [1.54, 1.807) is 34.9 Å². The summed E-state index contributed by atoms with van der Waals surface area (Å²) in [7, 11) is 1.49. The molecule has 9 heteroatoms. The van der Waals surface area contributed by atoms with Gasteiger partial charge in [0.15, 0.2) is 0 Å². The molecular formula is C18H24ClN3O5. The van der Waals surface area contributed by atoms with Gasteiger partial charge in [0.1, 0.15) is 12.3 Å². The van der Waals surface area contributed by atoms with Crippen LogP contribution in [0.25, 0.3) is 0 Å². The van der Waals surface area contributed by atoms with Crippen LogP contribution in [0.4, 0.5) is 10.5 Å². The molecule has 0 spiro atoms. The first-order valence-electron chi connectivity index (χ1n) is 8.68. The van der Waals surface area contributed by atoms with Crippen LogP contribution >= 0.6 is 11.6 Å². The maximum Gasteiger partial charge on any atom is 0.409 e. The van der Waals surface area contributed by atoms with Crippen molar-refractivity contribution in [3.8, 4) is 5.75 Å². The van der Waals surface area contributed by atoms with Crippen molar-refractivity contribution in [1.82, 2.24) is 9.80 Å². The van der Waals surface area contributed by atoms with E-state index >= 15 is 0 Å². The minimum absolute atomic E-state index is 0.133. The third-order valence-corrected chi connectivity index (χ3v) is 4.50. The Morgan fingerprint density at radius 3 is 2.33 bits per heavy atom. The van der Waals surface area contributed by atoms with E-state index < -0.39 is 0 Å². The zero-order valence-electron chi connectivity index (χ0n) is 15.7. The Bertz CT molecular complexity index is 704. The Hall–Kier alpha value is -2.48. The molecule has 0 atom stereocenters. The fourth-order valence-electron chi connectivity index (χ4n) is 2.83. The molecule has 1 aliphatic rings. The number of amides is 3. The summed E-state index contributed by atoms with van der Waals surface area (Å²) in [5.74, 6) is -0.0562. The van der Waals surface area contributed by atoms with Crippen LogP contribution in [0.3, 0.4) is 0 Å². The first-order valence-corrected chi connectivity index (χ1v) is 9.06. The average molecular weight is 398 g/mol. The van der Waals surface area contributed by atoms with E-state index in [4.69, 9.17) is 21.1 Å². The summed E-state index contributed by atoms with van der Waals surface area (Å²) in [5, 5.41) is 0.438. The van der Waals surface area contributed by atoms with Crippen LogP contribution in [0.15, 0.2) is 18.2 Å². The third kappa shape index (κ3) is 5.26. The van der Waals surface area contributed by atoms with Gasteiger partial charge in [-0.2, -0.15) is 0 Å². The van der Waals surface area contributed by atoms with Gasteiger partial charge in [-0.15, -0.1) is 0 Å². The highest BCUT2D eigenvalue weighted by Gasteiger charge is 2.27. The summed E-state index contributed by atoms with van der Waals surface area (Å²) in [6, 6.07) is 4.89. The summed E-state index contributed by atoms with van der Waals surface area (Å²) in [5.41, 5.74) is 0.441. The van der Waals surface area contributed by atoms with Crippen molar-refractivity contribution in [2.45, 2.75) is 13.8 Å². The summed E-state index contributed by atoms with van der Waals surface area (Å²) in [6.07, 6.45) is -0.376. The summed E-state index contributed by atoms with van der Waals surface area (Å²) in [6.45, 7) is 4.87. The number of carbonyl (C=O) groups is 3. The van der Waals surface area contributed by atoms with Gasteiger partial charge < -0.3 is 19.3 Å². The van der Waals surface area contributed by atoms with Crippen LogP contribution in [0.2, 0.25) is 5.02 Å². The SMILES string of the molecule is CCOC(=O)N1CCN(C(=O)CN(C(C)=O)c2cc(Cl)ccc2OC)CC1. The fourth-order valence-corrected chi connectivity index (χ4v) is 2.99. The molecule has 0 unspecified atom stereocenters. The lowest BCUT2D eigenvalue weighted by atomic mass is 10.2. The normalized spacial score (nSPS) is 13.9. The first-order chi connectivity index (χ1) is 12.9. The summed E-state index contributed by atoms with van der Waals surface area (Å²) >= 11 is 6.04. The first kappa shape index (κ1) is 20.8. The highest BCUT2D eigenvalue weighted by molar-refractivity contribution is 6.31. The zero-order valence-corrected chi connectivity index (χ0v) is 16.5. The number of carbonyl (C=O) groups excluding carboxylic acids is 3. The molecule has 1 saturated heterocycles. The van der Waals surface area contributed by atoms with E-state index in [-0.39, 0.29) is 24.5 Å². The molecule has 0 aliphatic carbocycles. The number of halogens is 1. The molecule has 27 heavy (non-hydrogen) atoms. The molecule has 0 bridgehead atoms. The number of ether oxygens (including phenoxy) is 2.